The molecule has 1 aliphatic rings. The first-order valence-corrected chi connectivity index (χ1v) is 12.2. The van der Waals surface area contributed by atoms with Gasteiger partial charge in [-0.2, -0.15) is 4.98 Å². The van der Waals surface area contributed by atoms with E-state index in [4.69, 9.17) is 9.47 Å². The fraction of sp³-hybridized carbons (Fsp3) is 0.379. The van der Waals surface area contributed by atoms with E-state index < -0.39 is 6.10 Å². The highest BCUT2D eigenvalue weighted by molar-refractivity contribution is 5.98. The normalized spacial score (nSPS) is 13.9. The van der Waals surface area contributed by atoms with Crippen LogP contribution in [-0.2, 0) is 19.4 Å². The van der Waals surface area contributed by atoms with E-state index in [0.717, 1.165) is 31.2 Å². The highest BCUT2D eigenvalue weighted by Gasteiger charge is 2.22. The number of pyridine rings is 1. The van der Waals surface area contributed by atoms with Gasteiger partial charge in [0.1, 0.15) is 6.61 Å². The van der Waals surface area contributed by atoms with Crippen LogP contribution in [0.2, 0.25) is 0 Å². The second-order valence-corrected chi connectivity index (χ2v) is 8.95. The number of aliphatic hydroxyl groups is 1. The Morgan fingerprint density at radius 1 is 0.971 bits per heavy atom. The maximum Gasteiger partial charge on any atom is 0.227 e. The molecule has 0 bridgehead atoms. The Morgan fingerprint density at radius 3 is 2.38 bits per heavy atom. The number of carbonyl (C=O) groups excluding carboxylic acids is 1. The summed E-state index contributed by atoms with van der Waals surface area (Å²) in [6.45, 7) is 2.66. The maximum atomic E-state index is 12.9. The predicted octanol–water partition coefficient (Wildman–Crippen LogP) is 5.58. The Kier molecular flexibility index (Phi) is 8.31. The SMILES string of the molecule is CCOc1nc(OCc2ccccc2)ccc1C(=O)CC[C@@H](O)CCC1Cc2ccccc2C1. The highest BCUT2D eigenvalue weighted by atomic mass is 16.5. The van der Waals surface area contributed by atoms with E-state index in [0.29, 0.717) is 37.0 Å². The van der Waals surface area contributed by atoms with Gasteiger partial charge in [-0.1, -0.05) is 54.6 Å². The van der Waals surface area contributed by atoms with Crippen molar-refractivity contribution < 1.29 is 19.4 Å². The van der Waals surface area contributed by atoms with Crippen molar-refractivity contribution in [3.8, 4) is 11.8 Å². The zero-order chi connectivity index (χ0) is 23.8. The molecule has 5 nitrogen and oxygen atoms in total. The third-order valence-corrected chi connectivity index (χ3v) is 6.39. The third-order valence-electron chi connectivity index (χ3n) is 6.39. The lowest BCUT2D eigenvalue weighted by molar-refractivity contribution is 0.0922. The molecule has 178 valence electrons. The van der Waals surface area contributed by atoms with E-state index in [-0.39, 0.29) is 18.1 Å². The van der Waals surface area contributed by atoms with Crippen LogP contribution in [-0.4, -0.2) is 28.6 Å². The molecule has 0 spiro atoms. The average molecular weight is 460 g/mol. The number of Topliss-reactive ketones (excluding diaryl/α,β-unsaturated/α-hetero) is 1. The van der Waals surface area contributed by atoms with E-state index in [1.807, 2.05) is 37.3 Å². The molecule has 5 heteroatoms. The van der Waals surface area contributed by atoms with E-state index in [1.54, 1.807) is 12.1 Å². The number of hydrogen-bond donors (Lipinski definition) is 1. The summed E-state index contributed by atoms with van der Waals surface area (Å²) in [5.74, 6) is 1.22. The van der Waals surface area contributed by atoms with Crippen molar-refractivity contribution in [2.75, 3.05) is 6.61 Å². The monoisotopic (exact) mass is 459 g/mol. The lowest BCUT2D eigenvalue weighted by Crippen LogP contribution is -2.13. The fourth-order valence-corrected chi connectivity index (χ4v) is 4.55. The van der Waals surface area contributed by atoms with Gasteiger partial charge in [0.05, 0.1) is 18.3 Å². The largest absolute Gasteiger partial charge is 0.477 e. The first kappa shape index (κ1) is 24.0. The highest BCUT2D eigenvalue weighted by Crippen LogP contribution is 2.30. The van der Waals surface area contributed by atoms with E-state index in [1.165, 1.54) is 11.1 Å². The number of carbonyl (C=O) groups is 1. The van der Waals surface area contributed by atoms with Crippen LogP contribution < -0.4 is 9.47 Å². The molecule has 0 aliphatic heterocycles. The first-order valence-electron chi connectivity index (χ1n) is 12.2. The summed E-state index contributed by atoms with van der Waals surface area (Å²) in [6.07, 6.45) is 4.09. The minimum atomic E-state index is -0.482. The summed E-state index contributed by atoms with van der Waals surface area (Å²) in [6, 6.07) is 21.8. The molecule has 4 rings (SSSR count). The summed E-state index contributed by atoms with van der Waals surface area (Å²) < 4.78 is 11.4. The molecule has 2 aromatic carbocycles. The molecule has 0 amide bonds. The number of fused-ring (bicyclic) bond motifs is 1. The number of aromatic nitrogens is 1. The van der Waals surface area contributed by atoms with Crippen LogP contribution in [0.25, 0.3) is 0 Å². The van der Waals surface area contributed by atoms with Crippen LogP contribution in [0, 0.1) is 5.92 Å². The average Bonchev–Trinajstić information content (AvgIpc) is 3.29. The molecule has 1 heterocycles. The van der Waals surface area contributed by atoms with Crippen molar-refractivity contribution in [3.05, 3.63) is 89.0 Å². The van der Waals surface area contributed by atoms with E-state index in [2.05, 4.69) is 29.2 Å². The molecule has 3 aromatic rings. The van der Waals surface area contributed by atoms with Crippen molar-refractivity contribution in [2.24, 2.45) is 5.92 Å². The quantitative estimate of drug-likeness (QED) is 0.358. The zero-order valence-electron chi connectivity index (χ0n) is 19.8. The molecular weight excluding hydrogens is 426 g/mol. The topological polar surface area (TPSA) is 68.7 Å². The molecule has 0 unspecified atom stereocenters. The van der Waals surface area contributed by atoms with Gasteiger partial charge in [0.25, 0.3) is 0 Å². The molecule has 0 fully saturated rings. The van der Waals surface area contributed by atoms with Gasteiger partial charge >= 0.3 is 0 Å². The second-order valence-electron chi connectivity index (χ2n) is 8.95. The summed E-state index contributed by atoms with van der Waals surface area (Å²) >= 11 is 0. The maximum absolute atomic E-state index is 12.9. The van der Waals surface area contributed by atoms with Gasteiger partial charge in [0.15, 0.2) is 5.78 Å². The molecule has 34 heavy (non-hydrogen) atoms. The lowest BCUT2D eigenvalue weighted by atomic mass is 9.95. The Morgan fingerprint density at radius 2 is 1.68 bits per heavy atom. The number of hydrogen-bond acceptors (Lipinski definition) is 5. The minimum absolute atomic E-state index is 0.0714. The van der Waals surface area contributed by atoms with Gasteiger partial charge in [0.2, 0.25) is 11.8 Å². The van der Waals surface area contributed by atoms with Crippen molar-refractivity contribution >= 4 is 5.78 Å². The number of nitrogens with zero attached hydrogens (tertiary/aromatic N) is 1. The molecule has 1 aromatic heterocycles. The molecule has 1 atom stereocenters. The van der Waals surface area contributed by atoms with Crippen molar-refractivity contribution in [1.29, 1.82) is 0 Å². The smallest absolute Gasteiger partial charge is 0.227 e. The van der Waals surface area contributed by atoms with Gasteiger partial charge < -0.3 is 14.6 Å². The number of aliphatic hydroxyl groups excluding tert-OH is 1. The van der Waals surface area contributed by atoms with Crippen molar-refractivity contribution in [1.82, 2.24) is 4.98 Å². The van der Waals surface area contributed by atoms with Crippen LogP contribution in [0.15, 0.2) is 66.7 Å². The Hall–Kier alpha value is -3.18. The van der Waals surface area contributed by atoms with Gasteiger partial charge in [0, 0.05) is 12.5 Å². The van der Waals surface area contributed by atoms with E-state index >= 15 is 0 Å². The van der Waals surface area contributed by atoms with Crippen molar-refractivity contribution in [2.45, 2.75) is 58.2 Å². The van der Waals surface area contributed by atoms with Crippen LogP contribution in [0.5, 0.6) is 11.8 Å². The van der Waals surface area contributed by atoms with Gasteiger partial charge in [-0.15, -0.1) is 0 Å². The van der Waals surface area contributed by atoms with Gasteiger partial charge in [-0.25, -0.2) is 0 Å². The second kappa shape index (κ2) is 11.8. The molecule has 0 saturated heterocycles. The number of ketones is 1. The minimum Gasteiger partial charge on any atom is -0.477 e. The predicted molar refractivity (Wildman–Crippen MR) is 132 cm³/mol. The number of ether oxygens (including phenoxy) is 2. The Balaban J connectivity index is 1.26. The zero-order valence-corrected chi connectivity index (χ0v) is 19.8. The van der Waals surface area contributed by atoms with Crippen LogP contribution in [0.4, 0.5) is 0 Å². The lowest BCUT2D eigenvalue weighted by Gasteiger charge is -2.14. The summed E-state index contributed by atoms with van der Waals surface area (Å²) in [5, 5.41) is 10.5. The van der Waals surface area contributed by atoms with Gasteiger partial charge in [-0.05, 0) is 67.7 Å². The van der Waals surface area contributed by atoms with Crippen LogP contribution in [0.1, 0.15) is 59.7 Å². The summed E-state index contributed by atoms with van der Waals surface area (Å²) in [4.78, 5) is 17.3. The van der Waals surface area contributed by atoms with E-state index in [9.17, 15) is 9.90 Å². The van der Waals surface area contributed by atoms with Crippen LogP contribution >= 0.6 is 0 Å². The number of benzene rings is 2. The first-order chi connectivity index (χ1) is 16.6. The van der Waals surface area contributed by atoms with Crippen molar-refractivity contribution in [3.63, 3.8) is 0 Å². The third kappa shape index (κ3) is 6.45. The fourth-order valence-electron chi connectivity index (χ4n) is 4.55. The Bertz CT molecular complexity index is 1060. The molecule has 0 saturated carbocycles. The number of rotatable bonds is 12. The summed E-state index contributed by atoms with van der Waals surface area (Å²) in [5.41, 5.74) is 4.35. The molecular formula is C29H33NO4. The van der Waals surface area contributed by atoms with Crippen LogP contribution in [0.3, 0.4) is 0 Å². The molecule has 0 radical (unpaired) electrons. The molecule has 1 aliphatic carbocycles. The standard InChI is InChI=1S/C29H33NO4/c1-2-33-29-26(15-17-28(30-29)34-20-21-8-4-3-5-9-21)27(32)16-14-25(31)13-12-22-18-23-10-6-7-11-24(23)19-22/h3-11,15,17,22,25,31H,2,12-14,16,18-20H2,1H3/t25-/m0/s1. The molecule has 1 N–H and O–H groups in total. The Labute approximate surface area is 201 Å². The summed E-state index contributed by atoms with van der Waals surface area (Å²) in [7, 11) is 0. The van der Waals surface area contributed by atoms with Gasteiger partial charge in [-0.3, -0.25) is 4.79 Å².